The summed E-state index contributed by atoms with van der Waals surface area (Å²) in [6.07, 6.45) is 0. The standard InChI is InChI=1S/C23H34N4O2/c1-16(2)13-26-11-12-27-18(14-26)20(22(29)24-19(15-28)23(3,4)5)25-21(27)17-9-7-6-8-10-17/h6-10,16,19,28H,11-15H2,1-5H3,(H,24,29)/t19-/m1/s1. The van der Waals surface area contributed by atoms with E-state index < -0.39 is 0 Å². The van der Waals surface area contributed by atoms with Crippen molar-refractivity contribution in [1.29, 1.82) is 0 Å². The molecule has 0 saturated heterocycles. The molecule has 1 aliphatic heterocycles. The third-order valence-corrected chi connectivity index (χ3v) is 5.49. The van der Waals surface area contributed by atoms with E-state index in [0.29, 0.717) is 18.2 Å². The van der Waals surface area contributed by atoms with Crippen molar-refractivity contribution in [3.8, 4) is 11.4 Å². The van der Waals surface area contributed by atoms with Gasteiger partial charge in [-0.05, 0) is 11.3 Å². The van der Waals surface area contributed by atoms with Gasteiger partial charge in [-0.15, -0.1) is 0 Å². The van der Waals surface area contributed by atoms with Gasteiger partial charge in [-0.25, -0.2) is 4.98 Å². The highest BCUT2D eigenvalue weighted by molar-refractivity contribution is 5.94. The van der Waals surface area contributed by atoms with Gasteiger partial charge >= 0.3 is 0 Å². The lowest BCUT2D eigenvalue weighted by molar-refractivity contribution is 0.0839. The summed E-state index contributed by atoms with van der Waals surface area (Å²) >= 11 is 0. The second-order valence-electron chi connectivity index (χ2n) is 9.45. The topological polar surface area (TPSA) is 70.4 Å². The van der Waals surface area contributed by atoms with E-state index in [2.05, 4.69) is 28.6 Å². The highest BCUT2D eigenvalue weighted by Crippen LogP contribution is 2.27. The lowest BCUT2D eigenvalue weighted by Gasteiger charge is -2.31. The fourth-order valence-electron chi connectivity index (χ4n) is 3.84. The molecule has 1 atom stereocenters. The summed E-state index contributed by atoms with van der Waals surface area (Å²) in [5, 5.41) is 12.8. The molecule has 29 heavy (non-hydrogen) atoms. The van der Waals surface area contributed by atoms with Gasteiger partial charge < -0.3 is 15.0 Å². The third kappa shape index (κ3) is 4.87. The molecule has 1 aromatic carbocycles. The van der Waals surface area contributed by atoms with E-state index in [1.807, 2.05) is 51.1 Å². The number of aliphatic hydroxyl groups excluding tert-OH is 1. The maximum atomic E-state index is 13.2. The summed E-state index contributed by atoms with van der Waals surface area (Å²) in [4.78, 5) is 20.4. The largest absolute Gasteiger partial charge is 0.394 e. The van der Waals surface area contributed by atoms with Crippen molar-refractivity contribution in [2.75, 3.05) is 19.7 Å². The summed E-state index contributed by atoms with van der Waals surface area (Å²) in [6, 6.07) is 9.70. The molecule has 0 fully saturated rings. The molecule has 0 unspecified atom stereocenters. The van der Waals surface area contributed by atoms with Crippen LogP contribution in [0.15, 0.2) is 30.3 Å². The highest BCUT2D eigenvalue weighted by Gasteiger charge is 2.31. The first-order chi connectivity index (χ1) is 13.7. The number of amides is 1. The summed E-state index contributed by atoms with van der Waals surface area (Å²) in [6.45, 7) is 13.8. The van der Waals surface area contributed by atoms with Crippen molar-refractivity contribution in [2.45, 2.75) is 53.8 Å². The Balaban J connectivity index is 1.98. The molecule has 1 aromatic heterocycles. The van der Waals surface area contributed by atoms with Crippen LogP contribution in [0, 0.1) is 11.3 Å². The Labute approximate surface area is 173 Å². The number of carbonyl (C=O) groups is 1. The average molecular weight is 399 g/mol. The Kier molecular flexibility index (Phi) is 6.44. The van der Waals surface area contributed by atoms with E-state index in [9.17, 15) is 9.90 Å². The third-order valence-electron chi connectivity index (χ3n) is 5.49. The molecule has 1 aliphatic rings. The first-order valence-corrected chi connectivity index (χ1v) is 10.5. The van der Waals surface area contributed by atoms with E-state index in [0.717, 1.165) is 36.7 Å². The van der Waals surface area contributed by atoms with Crippen molar-refractivity contribution in [2.24, 2.45) is 11.3 Å². The highest BCUT2D eigenvalue weighted by atomic mass is 16.3. The van der Waals surface area contributed by atoms with E-state index in [4.69, 9.17) is 4.98 Å². The number of aromatic nitrogens is 2. The maximum absolute atomic E-state index is 13.2. The molecule has 6 heteroatoms. The minimum absolute atomic E-state index is 0.101. The molecule has 0 spiro atoms. The zero-order chi connectivity index (χ0) is 21.2. The van der Waals surface area contributed by atoms with Gasteiger partial charge in [-0.3, -0.25) is 9.69 Å². The van der Waals surface area contributed by atoms with Gasteiger partial charge in [-0.1, -0.05) is 65.0 Å². The normalized spacial score (nSPS) is 16.0. The molecule has 3 rings (SSSR count). The number of aliphatic hydroxyl groups is 1. The van der Waals surface area contributed by atoms with Crippen LogP contribution in [0.1, 0.15) is 50.8 Å². The maximum Gasteiger partial charge on any atom is 0.272 e. The second kappa shape index (κ2) is 8.67. The summed E-state index contributed by atoms with van der Waals surface area (Å²) in [5.41, 5.74) is 2.20. The number of carbonyl (C=O) groups excluding carboxylic acids is 1. The Bertz CT molecular complexity index is 837. The number of imidazole rings is 1. The molecule has 6 nitrogen and oxygen atoms in total. The Morgan fingerprint density at radius 3 is 2.48 bits per heavy atom. The van der Waals surface area contributed by atoms with Gasteiger partial charge in [0, 0.05) is 31.7 Å². The first-order valence-electron chi connectivity index (χ1n) is 10.5. The van der Waals surface area contributed by atoms with Crippen LogP contribution in [0.2, 0.25) is 0 Å². The number of rotatable bonds is 6. The fraction of sp³-hybridized carbons (Fsp3) is 0.565. The molecule has 1 amide bonds. The van der Waals surface area contributed by atoms with Crippen molar-refractivity contribution in [1.82, 2.24) is 19.8 Å². The molecule has 2 N–H and O–H groups in total. The van der Waals surface area contributed by atoms with Gasteiger partial charge in [-0.2, -0.15) is 0 Å². The van der Waals surface area contributed by atoms with Gasteiger partial charge in [0.2, 0.25) is 0 Å². The molecule has 0 saturated carbocycles. The molecule has 2 aromatic rings. The summed E-state index contributed by atoms with van der Waals surface area (Å²) in [5.74, 6) is 1.19. The Morgan fingerprint density at radius 2 is 1.90 bits per heavy atom. The van der Waals surface area contributed by atoms with Crippen molar-refractivity contribution < 1.29 is 9.90 Å². The lowest BCUT2D eigenvalue weighted by atomic mass is 9.87. The molecule has 0 bridgehead atoms. The van der Waals surface area contributed by atoms with Crippen LogP contribution >= 0.6 is 0 Å². The van der Waals surface area contributed by atoms with Crippen LogP contribution in [-0.2, 0) is 13.1 Å². The first kappa shape index (κ1) is 21.5. The lowest BCUT2D eigenvalue weighted by Crippen LogP contribution is -2.46. The van der Waals surface area contributed by atoms with E-state index in [1.165, 1.54) is 0 Å². The van der Waals surface area contributed by atoms with Crippen LogP contribution in [-0.4, -0.2) is 51.2 Å². The van der Waals surface area contributed by atoms with E-state index >= 15 is 0 Å². The number of benzene rings is 1. The van der Waals surface area contributed by atoms with Crippen LogP contribution in [0.4, 0.5) is 0 Å². The van der Waals surface area contributed by atoms with Crippen LogP contribution in [0.25, 0.3) is 11.4 Å². The molecule has 2 heterocycles. The SMILES string of the molecule is CC(C)CN1CCn2c(-c3ccccc3)nc(C(=O)N[C@H](CO)C(C)(C)C)c2C1. The molecule has 0 aliphatic carbocycles. The summed E-state index contributed by atoms with van der Waals surface area (Å²) < 4.78 is 2.19. The van der Waals surface area contributed by atoms with Crippen LogP contribution < -0.4 is 5.32 Å². The fourth-order valence-corrected chi connectivity index (χ4v) is 3.84. The predicted molar refractivity (Wildman–Crippen MR) is 116 cm³/mol. The van der Waals surface area contributed by atoms with Crippen LogP contribution in [0.5, 0.6) is 0 Å². The van der Waals surface area contributed by atoms with Gasteiger partial charge in [0.1, 0.15) is 5.82 Å². The zero-order valence-electron chi connectivity index (χ0n) is 18.3. The van der Waals surface area contributed by atoms with Gasteiger partial charge in [0.15, 0.2) is 5.69 Å². The second-order valence-corrected chi connectivity index (χ2v) is 9.45. The molecule has 158 valence electrons. The smallest absolute Gasteiger partial charge is 0.272 e. The minimum atomic E-state index is -0.331. The summed E-state index contributed by atoms with van der Waals surface area (Å²) in [7, 11) is 0. The zero-order valence-corrected chi connectivity index (χ0v) is 18.3. The minimum Gasteiger partial charge on any atom is -0.394 e. The molecular weight excluding hydrogens is 364 g/mol. The average Bonchev–Trinajstić information content (AvgIpc) is 3.04. The van der Waals surface area contributed by atoms with Crippen molar-refractivity contribution in [3.63, 3.8) is 0 Å². The Hall–Kier alpha value is -2.18. The van der Waals surface area contributed by atoms with Crippen molar-refractivity contribution >= 4 is 5.91 Å². The van der Waals surface area contributed by atoms with Crippen LogP contribution in [0.3, 0.4) is 0 Å². The van der Waals surface area contributed by atoms with Gasteiger partial charge in [0.25, 0.3) is 5.91 Å². The van der Waals surface area contributed by atoms with E-state index in [-0.39, 0.29) is 24.0 Å². The predicted octanol–water partition coefficient (Wildman–Crippen LogP) is 3.16. The quantitative estimate of drug-likeness (QED) is 0.784. The van der Waals surface area contributed by atoms with Crippen molar-refractivity contribution in [3.05, 3.63) is 41.7 Å². The van der Waals surface area contributed by atoms with E-state index in [1.54, 1.807) is 0 Å². The van der Waals surface area contributed by atoms with Gasteiger partial charge in [0.05, 0.1) is 18.3 Å². The number of fused-ring (bicyclic) bond motifs is 1. The monoisotopic (exact) mass is 398 g/mol. The number of hydrogen-bond acceptors (Lipinski definition) is 4. The Morgan fingerprint density at radius 1 is 1.21 bits per heavy atom. The molecular formula is C23H34N4O2. The molecule has 0 radical (unpaired) electrons. The number of nitrogens with one attached hydrogen (secondary N) is 1. The number of hydrogen-bond donors (Lipinski definition) is 2. The number of nitrogens with zero attached hydrogens (tertiary/aromatic N) is 3.